The number of hydrogen-bond acceptors (Lipinski definition) is 8. The first-order valence-corrected chi connectivity index (χ1v) is 15.2. The van der Waals surface area contributed by atoms with Crippen molar-refractivity contribution in [3.05, 3.63) is 34.3 Å². The molecule has 0 aromatic heterocycles. The fourth-order valence-electron chi connectivity index (χ4n) is 4.28. The first-order valence-electron chi connectivity index (χ1n) is 14.8. The maximum absolute atomic E-state index is 13.4. The topological polar surface area (TPSA) is 112 Å². The van der Waals surface area contributed by atoms with Gasteiger partial charge in [-0.25, -0.2) is 9.18 Å². The number of nitrogens with zero attached hydrogens (tertiary/aromatic N) is 2. The van der Waals surface area contributed by atoms with Gasteiger partial charge in [-0.15, -0.1) is 0 Å². The molecule has 0 heterocycles. The van der Waals surface area contributed by atoms with Crippen LogP contribution in [0.25, 0.3) is 0 Å². The summed E-state index contributed by atoms with van der Waals surface area (Å²) in [5.74, 6) is 0.156. The number of halogens is 2. The maximum Gasteiger partial charge on any atom is 0.412 e. The third-order valence-corrected chi connectivity index (χ3v) is 7.29. The molecule has 1 aromatic carbocycles. The molecule has 10 nitrogen and oxygen atoms in total. The second kappa shape index (κ2) is 26.5. The van der Waals surface area contributed by atoms with E-state index in [2.05, 4.69) is 9.47 Å². The van der Waals surface area contributed by atoms with Gasteiger partial charge in [0.1, 0.15) is 6.17 Å². The highest BCUT2D eigenvalue weighted by Gasteiger charge is 2.48. The average Bonchev–Trinajstić information content (AvgIpc) is 3.64. The van der Waals surface area contributed by atoms with Crippen molar-refractivity contribution < 1.29 is 42.5 Å². The molecular weight excluding hydrogens is 595 g/mol. The van der Waals surface area contributed by atoms with Gasteiger partial charge in [-0.05, 0) is 69.1 Å². The van der Waals surface area contributed by atoms with Crippen molar-refractivity contribution in [2.45, 2.75) is 86.9 Å². The van der Waals surface area contributed by atoms with Crippen LogP contribution in [0.5, 0.6) is 0 Å². The van der Waals surface area contributed by atoms with Crippen LogP contribution in [0.1, 0.15) is 78.4 Å². The largest absolute Gasteiger partial charge is 0.458 e. The van der Waals surface area contributed by atoms with Gasteiger partial charge in [-0.2, -0.15) is 0 Å². The Bertz CT molecular complexity index is 936. The van der Waals surface area contributed by atoms with Crippen LogP contribution in [-0.4, -0.2) is 87.6 Å². The molecule has 1 aromatic rings. The lowest BCUT2D eigenvalue weighted by molar-refractivity contribution is -0.143. The summed E-state index contributed by atoms with van der Waals surface area (Å²) in [5, 5.41) is 0.810. The van der Waals surface area contributed by atoms with Crippen LogP contribution in [0.4, 0.5) is 9.18 Å². The number of carbonyl (C=O) groups is 4. The smallest absolute Gasteiger partial charge is 0.412 e. The number of unbranched alkanes of at least 4 members (excludes halogenated alkanes) is 1. The summed E-state index contributed by atoms with van der Waals surface area (Å²) >= 11 is 5.84. The first-order chi connectivity index (χ1) is 20.6. The Morgan fingerprint density at radius 2 is 1.66 bits per heavy atom. The summed E-state index contributed by atoms with van der Waals surface area (Å²) in [6.07, 6.45) is 2.87. The van der Waals surface area contributed by atoms with Gasteiger partial charge in [-0.1, -0.05) is 57.8 Å². The Hall–Kier alpha value is -2.92. The quantitative estimate of drug-likeness (QED) is 0.0759. The number of carbonyl (C=O) groups excluding carboxylic acids is 4. The number of ether oxygens (including phenoxy) is 4. The van der Waals surface area contributed by atoms with E-state index in [1.54, 1.807) is 12.0 Å². The maximum atomic E-state index is 13.4. The summed E-state index contributed by atoms with van der Waals surface area (Å²) in [5.41, 5.74) is 2.26. The van der Waals surface area contributed by atoms with Crippen LogP contribution in [0.2, 0.25) is 5.02 Å². The number of alkyl halides is 1. The highest BCUT2D eigenvalue weighted by Crippen LogP contribution is 2.47. The molecule has 254 valence electrons. The Kier molecular flexibility index (Phi) is 26.0. The zero-order valence-corrected chi connectivity index (χ0v) is 27.3. The summed E-state index contributed by atoms with van der Waals surface area (Å²) < 4.78 is 32.4. The predicted molar refractivity (Wildman–Crippen MR) is 170 cm³/mol. The van der Waals surface area contributed by atoms with Gasteiger partial charge in [0, 0.05) is 31.8 Å². The van der Waals surface area contributed by atoms with Crippen molar-refractivity contribution in [3.63, 3.8) is 0 Å². The lowest BCUT2D eigenvalue weighted by Crippen LogP contribution is -2.34. The van der Waals surface area contributed by atoms with Gasteiger partial charge in [0.15, 0.2) is 13.3 Å². The van der Waals surface area contributed by atoms with E-state index < -0.39 is 12.3 Å². The van der Waals surface area contributed by atoms with Gasteiger partial charge in [0.2, 0.25) is 0 Å². The molecule has 44 heavy (non-hydrogen) atoms. The lowest BCUT2D eigenvalue weighted by atomic mass is 10.1. The molecule has 0 radical (unpaired) electrons. The third-order valence-electron chi connectivity index (χ3n) is 6.87. The summed E-state index contributed by atoms with van der Waals surface area (Å²) in [6, 6.07) is 5.90. The highest BCUT2D eigenvalue weighted by molar-refractivity contribution is 6.31. The molecule has 2 amide bonds. The summed E-state index contributed by atoms with van der Waals surface area (Å²) in [4.78, 5) is 45.8. The number of likely N-dealkylation sites (N-methyl/N-ethyl adjacent to an activating group) is 1. The zero-order valence-electron chi connectivity index (χ0n) is 26.5. The number of amides is 2. The number of rotatable bonds is 18. The van der Waals surface area contributed by atoms with E-state index in [1.807, 2.05) is 52.8 Å². The van der Waals surface area contributed by atoms with Crippen LogP contribution in [0, 0.1) is 18.8 Å². The van der Waals surface area contributed by atoms with Crippen molar-refractivity contribution in [1.82, 2.24) is 9.80 Å². The van der Waals surface area contributed by atoms with Gasteiger partial charge < -0.3 is 23.8 Å². The summed E-state index contributed by atoms with van der Waals surface area (Å²) in [6.45, 7) is 12.8. The van der Waals surface area contributed by atoms with Gasteiger partial charge in [0.25, 0.3) is 18.9 Å². The molecule has 0 saturated heterocycles. The van der Waals surface area contributed by atoms with E-state index in [1.165, 1.54) is 4.90 Å². The molecule has 0 N–H and O–H groups in total. The van der Waals surface area contributed by atoms with Crippen molar-refractivity contribution >= 4 is 36.5 Å². The zero-order chi connectivity index (χ0) is 32.6. The molecule has 3 atom stereocenters. The molecule has 0 bridgehead atoms. The Labute approximate surface area is 268 Å². The van der Waals surface area contributed by atoms with Crippen molar-refractivity contribution in [2.24, 2.45) is 11.8 Å². The molecule has 1 aliphatic rings. The van der Waals surface area contributed by atoms with E-state index in [0.717, 1.165) is 41.8 Å². The van der Waals surface area contributed by atoms with Crippen LogP contribution in [-0.2, 0) is 39.9 Å². The molecule has 3 unspecified atom stereocenters. The van der Waals surface area contributed by atoms with E-state index in [4.69, 9.17) is 21.1 Å². The monoisotopic (exact) mass is 648 g/mol. The second-order valence-corrected chi connectivity index (χ2v) is 10.3. The fourth-order valence-corrected chi connectivity index (χ4v) is 4.40. The van der Waals surface area contributed by atoms with Gasteiger partial charge in [-0.3, -0.25) is 19.3 Å². The van der Waals surface area contributed by atoms with E-state index >= 15 is 0 Å². The molecule has 1 saturated carbocycles. The van der Waals surface area contributed by atoms with Crippen LogP contribution in [0.3, 0.4) is 0 Å². The normalized spacial score (nSPS) is 16.0. The Morgan fingerprint density at radius 3 is 2.16 bits per heavy atom. The van der Waals surface area contributed by atoms with E-state index in [-0.39, 0.29) is 45.0 Å². The first kappa shape index (κ1) is 43.2. The Morgan fingerprint density at radius 1 is 1.00 bits per heavy atom. The number of hydrogen-bond donors (Lipinski definition) is 0. The minimum atomic E-state index is -0.689. The lowest BCUT2D eigenvalue weighted by Gasteiger charge is -2.20. The number of benzene rings is 1. The van der Waals surface area contributed by atoms with Crippen LogP contribution >= 0.6 is 11.6 Å². The third kappa shape index (κ3) is 18.0. The van der Waals surface area contributed by atoms with Gasteiger partial charge in [0.05, 0.1) is 13.2 Å². The molecule has 2 rings (SSSR count). The molecule has 0 spiro atoms. The Balaban J connectivity index is 0. The minimum absolute atomic E-state index is 0. The fraction of sp³-hybridized carbons (Fsp3) is 0.688. The second-order valence-electron chi connectivity index (χ2n) is 9.94. The molecule has 1 fully saturated rings. The van der Waals surface area contributed by atoms with E-state index in [0.29, 0.717) is 45.7 Å². The van der Waals surface area contributed by atoms with Crippen LogP contribution < -0.4 is 0 Å². The number of aryl methyl sites for hydroxylation is 1. The molecule has 12 heteroatoms. The minimum Gasteiger partial charge on any atom is -0.458 e. The average molecular weight is 649 g/mol. The molecular formula is C32H54ClFN2O8. The van der Waals surface area contributed by atoms with Crippen molar-refractivity contribution in [3.8, 4) is 0 Å². The standard InChI is InChI=1S/C15H26FNO4.C9H11ClO.C7H13NO3.CH4/c1-3-5-9-21-15(19)17(10-20-11-18)8-6-7-13-12(4-2)14(13)16;1-7-5-8(6-11-2)3-4-9(7)10;1-3-8(4-2)7(10)5-11-6-9;/h11-14H,3-10H2,1-2H3;3-5H,6H2,1-2H3;6H,3-5H2,1-2H3;1H4. The highest BCUT2D eigenvalue weighted by atomic mass is 35.5. The molecule has 1 aliphatic carbocycles. The van der Waals surface area contributed by atoms with Crippen molar-refractivity contribution in [2.75, 3.05) is 46.7 Å². The molecule has 0 aliphatic heterocycles. The number of methoxy groups -OCH3 is 1. The van der Waals surface area contributed by atoms with Crippen molar-refractivity contribution in [1.29, 1.82) is 0 Å². The summed E-state index contributed by atoms with van der Waals surface area (Å²) in [7, 11) is 1.68. The van der Waals surface area contributed by atoms with E-state index in [9.17, 15) is 23.6 Å². The van der Waals surface area contributed by atoms with Gasteiger partial charge >= 0.3 is 6.09 Å². The SMILES string of the molecule is C.CCCCOC(=O)N(CCCC1C(F)C1CC)COC=O.CCN(CC)C(=O)COC=O.COCc1ccc(Cl)c(C)c1. The predicted octanol–water partition coefficient (Wildman–Crippen LogP) is 6.59. The van der Waals surface area contributed by atoms with Crippen LogP contribution in [0.15, 0.2) is 18.2 Å².